The van der Waals surface area contributed by atoms with E-state index in [9.17, 15) is 4.79 Å². The number of methoxy groups -OCH3 is 1. The molecule has 0 aromatic carbocycles. The van der Waals surface area contributed by atoms with Gasteiger partial charge in [0, 0.05) is 18.3 Å². The van der Waals surface area contributed by atoms with Crippen molar-refractivity contribution in [3.63, 3.8) is 0 Å². The van der Waals surface area contributed by atoms with Crippen LogP contribution in [0.2, 0.25) is 0 Å². The first-order chi connectivity index (χ1) is 7.79. The van der Waals surface area contributed by atoms with Gasteiger partial charge in [0.25, 0.3) is 5.56 Å². The largest absolute Gasteiger partial charge is 0.481 e. The second-order valence-corrected chi connectivity index (χ2v) is 3.34. The molecule has 2 heterocycles. The van der Waals surface area contributed by atoms with Gasteiger partial charge in [-0.15, -0.1) is 0 Å². The van der Waals surface area contributed by atoms with Gasteiger partial charge < -0.3 is 9.30 Å². The van der Waals surface area contributed by atoms with Crippen molar-refractivity contribution >= 4 is 0 Å². The maximum absolute atomic E-state index is 11.5. The van der Waals surface area contributed by atoms with Gasteiger partial charge >= 0.3 is 0 Å². The van der Waals surface area contributed by atoms with Crippen LogP contribution >= 0.6 is 0 Å². The van der Waals surface area contributed by atoms with Crippen LogP contribution in [0.5, 0.6) is 5.88 Å². The number of aromatic nitrogens is 2. The second kappa shape index (κ2) is 4.61. The number of hydrogen-bond acceptors (Lipinski definition) is 3. The lowest BCUT2D eigenvalue weighted by Gasteiger charge is -2.05. The molecular formula is C12H12N2O2. The maximum Gasteiger partial charge on any atom is 0.250 e. The smallest absolute Gasteiger partial charge is 0.250 e. The minimum Gasteiger partial charge on any atom is -0.481 e. The van der Waals surface area contributed by atoms with Crippen molar-refractivity contribution < 1.29 is 4.74 Å². The summed E-state index contributed by atoms with van der Waals surface area (Å²) in [5, 5.41) is 0. The predicted octanol–water partition coefficient (Wildman–Crippen LogP) is 1.30. The van der Waals surface area contributed by atoms with Gasteiger partial charge in [0.15, 0.2) is 0 Å². The Labute approximate surface area is 93.1 Å². The van der Waals surface area contributed by atoms with E-state index < -0.39 is 0 Å². The standard InChI is InChI=1S/C12H12N2O2/c1-16-11-6-4-5-10(13-11)9-14-8-3-2-7-12(14)15/h2-8H,9H2,1H3. The zero-order valence-electron chi connectivity index (χ0n) is 8.96. The Hall–Kier alpha value is -2.10. The van der Waals surface area contributed by atoms with E-state index in [4.69, 9.17) is 4.74 Å². The van der Waals surface area contributed by atoms with Crippen LogP contribution in [0.1, 0.15) is 5.69 Å². The van der Waals surface area contributed by atoms with Gasteiger partial charge in [0.05, 0.1) is 19.3 Å². The molecule has 0 unspecified atom stereocenters. The molecule has 0 aliphatic rings. The zero-order chi connectivity index (χ0) is 11.4. The summed E-state index contributed by atoms with van der Waals surface area (Å²) in [4.78, 5) is 15.7. The first-order valence-corrected chi connectivity index (χ1v) is 4.95. The fourth-order valence-corrected chi connectivity index (χ4v) is 1.43. The summed E-state index contributed by atoms with van der Waals surface area (Å²) in [6.07, 6.45) is 1.74. The molecule has 0 radical (unpaired) electrons. The minimum absolute atomic E-state index is 0.0351. The molecule has 4 nitrogen and oxygen atoms in total. The van der Waals surface area contributed by atoms with Crippen molar-refractivity contribution in [3.8, 4) is 5.88 Å². The highest BCUT2D eigenvalue weighted by molar-refractivity contribution is 5.16. The molecule has 4 heteroatoms. The number of nitrogens with zero attached hydrogens (tertiary/aromatic N) is 2. The predicted molar refractivity (Wildman–Crippen MR) is 60.6 cm³/mol. The Bertz CT molecular complexity index is 534. The average molecular weight is 216 g/mol. The highest BCUT2D eigenvalue weighted by atomic mass is 16.5. The molecule has 0 saturated heterocycles. The van der Waals surface area contributed by atoms with Crippen LogP contribution in [-0.4, -0.2) is 16.7 Å². The zero-order valence-corrected chi connectivity index (χ0v) is 8.96. The summed E-state index contributed by atoms with van der Waals surface area (Å²) in [6.45, 7) is 0.455. The van der Waals surface area contributed by atoms with Crippen LogP contribution in [-0.2, 0) is 6.54 Å². The van der Waals surface area contributed by atoms with Crippen LogP contribution in [0.15, 0.2) is 47.4 Å². The molecule has 2 rings (SSSR count). The average Bonchev–Trinajstić information content (AvgIpc) is 2.32. The second-order valence-electron chi connectivity index (χ2n) is 3.34. The molecule has 0 aliphatic carbocycles. The van der Waals surface area contributed by atoms with Gasteiger partial charge in [-0.1, -0.05) is 12.1 Å². The lowest BCUT2D eigenvalue weighted by molar-refractivity contribution is 0.396. The summed E-state index contributed by atoms with van der Waals surface area (Å²) < 4.78 is 6.62. The van der Waals surface area contributed by atoms with Crippen molar-refractivity contribution in [2.24, 2.45) is 0 Å². The molecule has 0 spiro atoms. The van der Waals surface area contributed by atoms with Gasteiger partial charge in [0.2, 0.25) is 5.88 Å². The van der Waals surface area contributed by atoms with Gasteiger partial charge in [-0.25, -0.2) is 4.98 Å². The Morgan fingerprint density at radius 2 is 2.12 bits per heavy atom. The molecule has 0 amide bonds. The third-order valence-electron chi connectivity index (χ3n) is 2.22. The van der Waals surface area contributed by atoms with Crippen LogP contribution in [0.4, 0.5) is 0 Å². The number of pyridine rings is 2. The first-order valence-electron chi connectivity index (χ1n) is 4.95. The summed E-state index contributed by atoms with van der Waals surface area (Å²) in [6, 6.07) is 10.6. The molecule has 82 valence electrons. The quantitative estimate of drug-likeness (QED) is 0.776. The molecule has 2 aromatic rings. The third kappa shape index (κ3) is 2.28. The number of rotatable bonds is 3. The number of ether oxygens (including phenoxy) is 1. The third-order valence-corrected chi connectivity index (χ3v) is 2.22. The van der Waals surface area contributed by atoms with Gasteiger partial charge in [0.1, 0.15) is 0 Å². The van der Waals surface area contributed by atoms with Crippen molar-refractivity contribution in [2.75, 3.05) is 7.11 Å². The monoisotopic (exact) mass is 216 g/mol. The van der Waals surface area contributed by atoms with E-state index in [0.29, 0.717) is 12.4 Å². The van der Waals surface area contributed by atoms with Gasteiger partial charge in [-0.2, -0.15) is 0 Å². The van der Waals surface area contributed by atoms with E-state index in [0.717, 1.165) is 5.69 Å². The first kappa shape index (κ1) is 10.4. The van der Waals surface area contributed by atoms with E-state index in [1.165, 1.54) is 6.07 Å². The van der Waals surface area contributed by atoms with Crippen molar-refractivity contribution in [3.05, 3.63) is 58.6 Å². The van der Waals surface area contributed by atoms with Crippen LogP contribution in [0.3, 0.4) is 0 Å². The molecule has 0 atom stereocenters. The minimum atomic E-state index is -0.0351. The lowest BCUT2D eigenvalue weighted by Crippen LogP contribution is -2.18. The topological polar surface area (TPSA) is 44.1 Å². The van der Waals surface area contributed by atoms with E-state index in [-0.39, 0.29) is 5.56 Å². The van der Waals surface area contributed by atoms with Crippen LogP contribution < -0.4 is 10.3 Å². The van der Waals surface area contributed by atoms with E-state index in [2.05, 4.69) is 4.98 Å². The van der Waals surface area contributed by atoms with Crippen LogP contribution in [0, 0.1) is 0 Å². The molecule has 0 fully saturated rings. The van der Waals surface area contributed by atoms with Crippen molar-refractivity contribution in [2.45, 2.75) is 6.54 Å². The molecule has 0 N–H and O–H groups in total. The van der Waals surface area contributed by atoms with Gasteiger partial charge in [-0.3, -0.25) is 4.79 Å². The maximum atomic E-state index is 11.5. The molecule has 0 bridgehead atoms. The normalized spacial score (nSPS) is 10.1. The SMILES string of the molecule is COc1cccc(Cn2ccccc2=O)n1. The Kier molecular flexibility index (Phi) is 3.00. The van der Waals surface area contributed by atoms with E-state index in [1.807, 2.05) is 18.2 Å². The Balaban J connectivity index is 2.27. The summed E-state index contributed by atoms with van der Waals surface area (Å²) in [5.41, 5.74) is 0.764. The fourth-order valence-electron chi connectivity index (χ4n) is 1.43. The molecule has 0 aliphatic heterocycles. The Morgan fingerprint density at radius 1 is 1.25 bits per heavy atom. The highest BCUT2D eigenvalue weighted by Gasteiger charge is 1.99. The van der Waals surface area contributed by atoms with E-state index in [1.54, 1.807) is 30.0 Å². The summed E-state index contributed by atoms with van der Waals surface area (Å²) in [5.74, 6) is 0.557. The molecule has 16 heavy (non-hydrogen) atoms. The summed E-state index contributed by atoms with van der Waals surface area (Å²) >= 11 is 0. The van der Waals surface area contributed by atoms with Crippen molar-refractivity contribution in [1.29, 1.82) is 0 Å². The van der Waals surface area contributed by atoms with Crippen molar-refractivity contribution in [1.82, 2.24) is 9.55 Å². The lowest BCUT2D eigenvalue weighted by atomic mass is 10.3. The summed E-state index contributed by atoms with van der Waals surface area (Å²) in [7, 11) is 1.57. The van der Waals surface area contributed by atoms with Crippen LogP contribution in [0.25, 0.3) is 0 Å². The number of hydrogen-bond donors (Lipinski definition) is 0. The molecule has 2 aromatic heterocycles. The highest BCUT2D eigenvalue weighted by Crippen LogP contribution is 2.07. The molecular weight excluding hydrogens is 204 g/mol. The van der Waals surface area contributed by atoms with Gasteiger partial charge in [-0.05, 0) is 12.1 Å². The Morgan fingerprint density at radius 3 is 2.88 bits per heavy atom. The fraction of sp³-hybridized carbons (Fsp3) is 0.167. The molecule has 0 saturated carbocycles. The van der Waals surface area contributed by atoms with E-state index >= 15 is 0 Å².